The van der Waals surface area contributed by atoms with E-state index in [9.17, 15) is 19.2 Å². The Balaban J connectivity index is 0.000000161. The molecule has 140 valence electrons. The molecule has 4 rings (SSSR count). The summed E-state index contributed by atoms with van der Waals surface area (Å²) in [7, 11) is 0. The molecule has 0 aliphatic carbocycles. The van der Waals surface area contributed by atoms with Gasteiger partial charge in [0.25, 0.3) is 23.6 Å². The van der Waals surface area contributed by atoms with Crippen molar-refractivity contribution < 1.29 is 19.2 Å². The molecule has 0 saturated heterocycles. The molecular formula is C21H15BrN2O4. The van der Waals surface area contributed by atoms with Gasteiger partial charge in [-0.3, -0.25) is 19.2 Å². The standard InChI is InChI=1S/C11H9NO2.C10H6BrNO2/c1-8-4-2-3-5-9(8)12-10(13)6-7-11(12)14;11-7-1-3-8(4-2-7)12-9(13)5-6-10(12)14/h2-7H,1H3;1-6H. The Hall–Kier alpha value is -3.32. The average Bonchev–Trinajstić information content (AvgIpc) is 3.18. The average molecular weight is 439 g/mol. The molecule has 2 aromatic rings. The monoisotopic (exact) mass is 438 g/mol. The third-order valence-electron chi connectivity index (χ3n) is 4.06. The number of carbonyl (C=O) groups is 4. The zero-order chi connectivity index (χ0) is 20.3. The Bertz CT molecular complexity index is 989. The Morgan fingerprint density at radius 2 is 1.11 bits per heavy atom. The van der Waals surface area contributed by atoms with E-state index in [1.807, 2.05) is 19.1 Å². The first-order valence-corrected chi connectivity index (χ1v) is 9.11. The van der Waals surface area contributed by atoms with Crippen LogP contribution in [0.1, 0.15) is 5.56 Å². The van der Waals surface area contributed by atoms with E-state index in [1.165, 1.54) is 29.2 Å². The number of nitrogens with zero attached hydrogens (tertiary/aromatic N) is 2. The van der Waals surface area contributed by atoms with E-state index in [-0.39, 0.29) is 23.6 Å². The molecule has 0 unspecified atom stereocenters. The molecule has 4 amide bonds. The number of para-hydroxylation sites is 1. The molecule has 2 aliphatic rings. The normalized spacial score (nSPS) is 15.4. The van der Waals surface area contributed by atoms with E-state index in [1.54, 1.807) is 36.4 Å². The highest BCUT2D eigenvalue weighted by Crippen LogP contribution is 2.23. The van der Waals surface area contributed by atoms with Crippen LogP contribution in [0.25, 0.3) is 0 Å². The van der Waals surface area contributed by atoms with Gasteiger partial charge in [0.2, 0.25) is 0 Å². The number of imide groups is 2. The number of amides is 4. The lowest BCUT2D eigenvalue weighted by molar-refractivity contribution is -0.121. The number of carbonyl (C=O) groups excluding carboxylic acids is 4. The topological polar surface area (TPSA) is 74.8 Å². The number of aryl methyl sites for hydroxylation is 1. The molecule has 7 heteroatoms. The second kappa shape index (κ2) is 8.14. The maximum Gasteiger partial charge on any atom is 0.258 e. The van der Waals surface area contributed by atoms with Gasteiger partial charge in [0.05, 0.1) is 11.4 Å². The SMILES string of the molecule is Cc1ccccc1N1C(=O)C=CC1=O.O=C1C=CC(=O)N1c1ccc(Br)cc1. The second-order valence-corrected chi connectivity index (χ2v) is 6.87. The third kappa shape index (κ3) is 3.99. The van der Waals surface area contributed by atoms with Gasteiger partial charge in [-0.15, -0.1) is 0 Å². The number of halogens is 1. The van der Waals surface area contributed by atoms with Crippen LogP contribution in [-0.2, 0) is 19.2 Å². The van der Waals surface area contributed by atoms with Crippen LogP contribution in [0.2, 0.25) is 0 Å². The van der Waals surface area contributed by atoms with Gasteiger partial charge in [0.1, 0.15) is 0 Å². The van der Waals surface area contributed by atoms with E-state index < -0.39 is 0 Å². The second-order valence-electron chi connectivity index (χ2n) is 5.95. The van der Waals surface area contributed by atoms with Crippen molar-refractivity contribution in [3.05, 3.63) is 82.9 Å². The molecule has 0 bridgehead atoms. The largest absolute Gasteiger partial charge is 0.269 e. The summed E-state index contributed by atoms with van der Waals surface area (Å²) in [5, 5.41) is 0. The molecule has 0 aromatic heterocycles. The van der Waals surface area contributed by atoms with Gasteiger partial charge in [-0.2, -0.15) is 0 Å². The van der Waals surface area contributed by atoms with Crippen molar-refractivity contribution in [2.45, 2.75) is 6.92 Å². The lowest BCUT2D eigenvalue weighted by Gasteiger charge is -2.15. The zero-order valence-corrected chi connectivity index (χ0v) is 16.4. The molecule has 0 saturated carbocycles. The van der Waals surface area contributed by atoms with Gasteiger partial charge in [-0.1, -0.05) is 34.1 Å². The van der Waals surface area contributed by atoms with Crippen LogP contribution in [0.5, 0.6) is 0 Å². The minimum absolute atomic E-state index is 0.274. The fourth-order valence-corrected chi connectivity index (χ4v) is 2.96. The van der Waals surface area contributed by atoms with Crippen molar-refractivity contribution in [3.63, 3.8) is 0 Å². The van der Waals surface area contributed by atoms with E-state index >= 15 is 0 Å². The maximum absolute atomic E-state index is 11.4. The van der Waals surface area contributed by atoms with Crippen LogP contribution < -0.4 is 9.80 Å². The maximum atomic E-state index is 11.4. The number of hydrogen-bond acceptors (Lipinski definition) is 4. The Morgan fingerprint density at radius 3 is 1.61 bits per heavy atom. The van der Waals surface area contributed by atoms with Crippen molar-refractivity contribution in [2.75, 3.05) is 9.80 Å². The summed E-state index contributed by atoms with van der Waals surface area (Å²) in [6.45, 7) is 1.87. The van der Waals surface area contributed by atoms with Gasteiger partial charge < -0.3 is 0 Å². The van der Waals surface area contributed by atoms with Crippen LogP contribution in [0.4, 0.5) is 11.4 Å². The first-order chi connectivity index (χ1) is 13.4. The Labute approximate surface area is 169 Å². The van der Waals surface area contributed by atoms with Crippen molar-refractivity contribution in [1.29, 1.82) is 0 Å². The minimum atomic E-state index is -0.294. The molecular weight excluding hydrogens is 424 g/mol. The van der Waals surface area contributed by atoms with Crippen LogP contribution in [-0.4, -0.2) is 23.6 Å². The first-order valence-electron chi connectivity index (χ1n) is 8.32. The fourth-order valence-electron chi connectivity index (χ4n) is 2.70. The predicted molar refractivity (Wildman–Crippen MR) is 109 cm³/mol. The van der Waals surface area contributed by atoms with Gasteiger partial charge in [0.15, 0.2) is 0 Å². The van der Waals surface area contributed by atoms with Gasteiger partial charge in [-0.05, 0) is 42.8 Å². The highest BCUT2D eigenvalue weighted by Gasteiger charge is 2.26. The number of rotatable bonds is 2. The Kier molecular flexibility index (Phi) is 5.65. The molecule has 0 spiro atoms. The van der Waals surface area contributed by atoms with Crippen LogP contribution in [0.3, 0.4) is 0 Å². The highest BCUT2D eigenvalue weighted by atomic mass is 79.9. The quantitative estimate of drug-likeness (QED) is 0.674. The van der Waals surface area contributed by atoms with Crippen LogP contribution in [0, 0.1) is 6.92 Å². The summed E-state index contributed by atoms with van der Waals surface area (Å²) in [4.78, 5) is 47.6. The lowest BCUT2D eigenvalue weighted by Crippen LogP contribution is -2.30. The van der Waals surface area contributed by atoms with Crippen LogP contribution >= 0.6 is 15.9 Å². The fraction of sp³-hybridized carbons (Fsp3) is 0.0476. The molecule has 0 N–H and O–H groups in total. The summed E-state index contributed by atoms with van der Waals surface area (Å²) >= 11 is 3.28. The molecule has 2 heterocycles. The van der Waals surface area contributed by atoms with Crippen molar-refractivity contribution in [3.8, 4) is 0 Å². The van der Waals surface area contributed by atoms with E-state index in [0.29, 0.717) is 11.4 Å². The lowest BCUT2D eigenvalue weighted by atomic mass is 10.2. The van der Waals surface area contributed by atoms with E-state index in [2.05, 4.69) is 15.9 Å². The van der Waals surface area contributed by atoms with Gasteiger partial charge >= 0.3 is 0 Å². The first kappa shape index (κ1) is 19.4. The highest BCUT2D eigenvalue weighted by molar-refractivity contribution is 9.10. The summed E-state index contributed by atoms with van der Waals surface area (Å²) in [6.07, 6.45) is 5.11. The summed E-state index contributed by atoms with van der Waals surface area (Å²) in [5.74, 6) is -1.14. The van der Waals surface area contributed by atoms with E-state index in [0.717, 1.165) is 14.9 Å². The summed E-state index contributed by atoms with van der Waals surface area (Å²) < 4.78 is 0.910. The van der Waals surface area contributed by atoms with Crippen molar-refractivity contribution >= 4 is 50.9 Å². The van der Waals surface area contributed by atoms with Gasteiger partial charge in [0, 0.05) is 28.8 Å². The molecule has 2 aliphatic heterocycles. The van der Waals surface area contributed by atoms with E-state index in [4.69, 9.17) is 0 Å². The third-order valence-corrected chi connectivity index (χ3v) is 4.59. The zero-order valence-electron chi connectivity index (χ0n) is 14.8. The van der Waals surface area contributed by atoms with Crippen LogP contribution in [0.15, 0.2) is 77.3 Å². The predicted octanol–water partition coefficient (Wildman–Crippen LogP) is 3.30. The molecule has 0 fully saturated rings. The molecule has 0 atom stereocenters. The number of anilines is 2. The molecule has 0 radical (unpaired) electrons. The molecule has 28 heavy (non-hydrogen) atoms. The molecule has 6 nitrogen and oxygen atoms in total. The number of hydrogen-bond donors (Lipinski definition) is 0. The summed E-state index contributed by atoms with van der Waals surface area (Å²) in [6, 6.07) is 14.3. The smallest absolute Gasteiger partial charge is 0.258 e. The van der Waals surface area contributed by atoms with Crippen molar-refractivity contribution in [2.24, 2.45) is 0 Å². The minimum Gasteiger partial charge on any atom is -0.269 e. The number of benzene rings is 2. The summed E-state index contributed by atoms with van der Waals surface area (Å²) in [5.41, 5.74) is 2.17. The molecule has 2 aromatic carbocycles. The Morgan fingerprint density at radius 1 is 0.643 bits per heavy atom. The van der Waals surface area contributed by atoms with Gasteiger partial charge in [-0.25, -0.2) is 9.80 Å². The van der Waals surface area contributed by atoms with Crippen molar-refractivity contribution in [1.82, 2.24) is 0 Å².